The van der Waals surface area contributed by atoms with E-state index >= 15 is 0 Å². The largest absolute Gasteiger partial charge is 0.364 e. The van der Waals surface area contributed by atoms with Crippen molar-refractivity contribution in [3.63, 3.8) is 0 Å². The Hall–Kier alpha value is -2.89. The van der Waals surface area contributed by atoms with Crippen molar-refractivity contribution in [2.24, 2.45) is 5.73 Å². The van der Waals surface area contributed by atoms with E-state index in [9.17, 15) is 22.9 Å². The van der Waals surface area contributed by atoms with E-state index < -0.39 is 37.4 Å². The highest BCUT2D eigenvalue weighted by molar-refractivity contribution is 7.62. The van der Waals surface area contributed by atoms with Crippen LogP contribution in [-0.2, 0) is 31.5 Å². The van der Waals surface area contributed by atoms with Gasteiger partial charge in [0.1, 0.15) is 12.0 Å². The molecular weight excluding hydrogens is 567 g/mol. The first-order chi connectivity index (χ1) is 19.1. The second-order valence-electron chi connectivity index (χ2n) is 9.24. The van der Waals surface area contributed by atoms with Crippen LogP contribution in [-0.4, -0.2) is 65.0 Å². The topological polar surface area (TPSA) is 129 Å². The van der Waals surface area contributed by atoms with Crippen LogP contribution in [0.4, 0.5) is 8.78 Å². The molecule has 0 aliphatic carbocycles. The summed E-state index contributed by atoms with van der Waals surface area (Å²) < 4.78 is 54.4. The number of halogens is 3. The van der Waals surface area contributed by atoms with Crippen molar-refractivity contribution in [1.82, 2.24) is 20.0 Å². The number of rotatable bonds is 12. The van der Waals surface area contributed by atoms with Gasteiger partial charge >= 0.3 is 7.60 Å². The molecule has 0 spiro atoms. The van der Waals surface area contributed by atoms with Crippen molar-refractivity contribution < 1.29 is 32.0 Å². The third kappa shape index (κ3) is 6.37. The first-order valence-electron chi connectivity index (χ1n) is 12.9. The Morgan fingerprint density at radius 3 is 2.60 bits per heavy atom. The zero-order valence-electron chi connectivity index (χ0n) is 22.1. The lowest BCUT2D eigenvalue weighted by Gasteiger charge is -2.23. The summed E-state index contributed by atoms with van der Waals surface area (Å²) in [5.74, 6) is -1.81. The SMILES string of the molecule is CCOP(=O)(OCC)c1ccc2c(C(N)=O)nn(CCN3CC(F)CC3C(=O)NCc3cccc(Cl)c3F)c2c1. The van der Waals surface area contributed by atoms with Gasteiger partial charge in [-0.15, -0.1) is 0 Å². The smallest absolute Gasteiger partial charge is 0.361 e. The molecule has 2 atom stereocenters. The number of hydrogen-bond acceptors (Lipinski definition) is 7. The Morgan fingerprint density at radius 2 is 1.93 bits per heavy atom. The molecule has 216 valence electrons. The fraction of sp³-hybridized carbons (Fsp3) is 0.423. The fourth-order valence-corrected chi connectivity index (χ4v) is 6.57. The van der Waals surface area contributed by atoms with Crippen LogP contribution < -0.4 is 16.4 Å². The van der Waals surface area contributed by atoms with Crippen LogP contribution in [0.3, 0.4) is 0 Å². The quantitative estimate of drug-likeness (QED) is 0.306. The second kappa shape index (κ2) is 12.7. The number of amides is 2. The lowest BCUT2D eigenvalue weighted by Crippen LogP contribution is -2.44. The number of fused-ring (bicyclic) bond motifs is 1. The van der Waals surface area contributed by atoms with E-state index in [1.165, 1.54) is 16.8 Å². The normalized spacial score (nSPS) is 17.9. The van der Waals surface area contributed by atoms with Gasteiger partial charge in [0.15, 0.2) is 5.69 Å². The molecule has 14 heteroatoms. The van der Waals surface area contributed by atoms with Gasteiger partial charge in [-0.3, -0.25) is 23.7 Å². The van der Waals surface area contributed by atoms with Crippen molar-refractivity contribution in [2.75, 3.05) is 26.3 Å². The molecule has 1 aliphatic rings. The summed E-state index contributed by atoms with van der Waals surface area (Å²) in [6.45, 7) is 4.01. The number of hydrogen-bond donors (Lipinski definition) is 2. The third-order valence-corrected chi connectivity index (χ3v) is 9.02. The van der Waals surface area contributed by atoms with E-state index in [-0.39, 0.29) is 67.4 Å². The zero-order chi connectivity index (χ0) is 29.0. The van der Waals surface area contributed by atoms with Gasteiger partial charge in [-0.2, -0.15) is 5.10 Å². The van der Waals surface area contributed by atoms with Gasteiger partial charge in [0.05, 0.1) is 41.6 Å². The van der Waals surface area contributed by atoms with Crippen molar-refractivity contribution in [3.05, 3.63) is 58.5 Å². The molecule has 40 heavy (non-hydrogen) atoms. The number of benzene rings is 2. The number of nitrogens with one attached hydrogen (secondary N) is 1. The molecule has 4 rings (SSSR count). The molecule has 2 aromatic carbocycles. The minimum absolute atomic E-state index is 0.0145. The Morgan fingerprint density at radius 1 is 1.20 bits per heavy atom. The molecule has 1 aromatic heterocycles. The van der Waals surface area contributed by atoms with E-state index in [1.807, 2.05) is 0 Å². The third-order valence-electron chi connectivity index (χ3n) is 6.62. The summed E-state index contributed by atoms with van der Waals surface area (Å²) in [5.41, 5.74) is 6.24. The van der Waals surface area contributed by atoms with Crippen LogP contribution in [0.5, 0.6) is 0 Å². The molecular formula is C26H31ClF2N5O5P. The molecule has 0 saturated carbocycles. The van der Waals surface area contributed by atoms with Gasteiger partial charge in [-0.25, -0.2) is 8.78 Å². The van der Waals surface area contributed by atoms with Gasteiger partial charge < -0.3 is 20.1 Å². The van der Waals surface area contributed by atoms with Crippen molar-refractivity contribution in [2.45, 2.75) is 45.6 Å². The first-order valence-corrected chi connectivity index (χ1v) is 14.8. The number of primary amides is 1. The lowest BCUT2D eigenvalue weighted by atomic mass is 10.1. The Kier molecular flexibility index (Phi) is 9.58. The van der Waals surface area contributed by atoms with E-state index in [1.54, 1.807) is 43.0 Å². The summed E-state index contributed by atoms with van der Waals surface area (Å²) in [7, 11) is -3.63. The number of carbonyl (C=O) groups excluding carboxylic acids is 2. The van der Waals surface area contributed by atoms with Gasteiger partial charge in [-0.05, 0) is 38.1 Å². The van der Waals surface area contributed by atoms with E-state index in [0.29, 0.717) is 10.9 Å². The summed E-state index contributed by atoms with van der Waals surface area (Å²) in [6, 6.07) is 8.41. The predicted octanol–water partition coefficient (Wildman–Crippen LogP) is 3.55. The van der Waals surface area contributed by atoms with Crippen molar-refractivity contribution in [3.8, 4) is 0 Å². The summed E-state index contributed by atoms with van der Waals surface area (Å²) in [4.78, 5) is 26.7. The monoisotopic (exact) mass is 597 g/mol. The lowest BCUT2D eigenvalue weighted by molar-refractivity contribution is -0.125. The Labute approximate surface area is 235 Å². The number of alkyl halides is 1. The maximum absolute atomic E-state index is 14.4. The number of likely N-dealkylation sites (tertiary alicyclic amines) is 1. The molecule has 1 aliphatic heterocycles. The first kappa shape index (κ1) is 30.1. The van der Waals surface area contributed by atoms with Crippen LogP contribution in [0.1, 0.15) is 36.3 Å². The molecule has 10 nitrogen and oxygen atoms in total. The summed E-state index contributed by atoms with van der Waals surface area (Å²) in [6.07, 6.45) is -1.25. The van der Waals surface area contributed by atoms with Gasteiger partial charge in [0.2, 0.25) is 5.91 Å². The van der Waals surface area contributed by atoms with Crippen molar-refractivity contribution >= 4 is 47.2 Å². The summed E-state index contributed by atoms with van der Waals surface area (Å²) in [5, 5.41) is 7.69. The molecule has 2 amide bonds. The predicted molar refractivity (Wildman–Crippen MR) is 147 cm³/mol. The van der Waals surface area contributed by atoms with Gasteiger partial charge in [0.25, 0.3) is 5.91 Å². The Balaban J connectivity index is 1.55. The molecule has 2 unspecified atom stereocenters. The highest BCUT2D eigenvalue weighted by Gasteiger charge is 2.37. The molecule has 1 saturated heterocycles. The maximum Gasteiger partial charge on any atom is 0.361 e. The van der Waals surface area contributed by atoms with E-state index in [2.05, 4.69) is 10.4 Å². The van der Waals surface area contributed by atoms with Crippen LogP contribution in [0.2, 0.25) is 5.02 Å². The Bertz CT molecular complexity index is 1440. The molecule has 0 bridgehead atoms. The number of nitrogens with zero attached hydrogens (tertiary/aromatic N) is 3. The minimum Gasteiger partial charge on any atom is -0.364 e. The van der Waals surface area contributed by atoms with E-state index in [4.69, 9.17) is 26.4 Å². The van der Waals surface area contributed by atoms with Crippen LogP contribution in [0.25, 0.3) is 10.9 Å². The number of carbonyl (C=O) groups is 2. The van der Waals surface area contributed by atoms with Gasteiger partial charge in [0, 0.05) is 37.0 Å². The van der Waals surface area contributed by atoms with Crippen LogP contribution >= 0.6 is 19.2 Å². The highest BCUT2D eigenvalue weighted by Crippen LogP contribution is 2.47. The van der Waals surface area contributed by atoms with Gasteiger partial charge in [-0.1, -0.05) is 23.7 Å². The zero-order valence-corrected chi connectivity index (χ0v) is 23.8. The maximum atomic E-state index is 14.4. The molecule has 0 radical (unpaired) electrons. The molecule has 2 heterocycles. The second-order valence-corrected chi connectivity index (χ2v) is 11.7. The number of aromatic nitrogens is 2. The summed E-state index contributed by atoms with van der Waals surface area (Å²) >= 11 is 5.81. The van der Waals surface area contributed by atoms with Crippen molar-refractivity contribution in [1.29, 1.82) is 0 Å². The molecule has 1 fully saturated rings. The average molecular weight is 598 g/mol. The molecule has 3 N–H and O–H groups in total. The molecule has 3 aromatic rings. The van der Waals surface area contributed by atoms with E-state index in [0.717, 1.165) is 0 Å². The highest BCUT2D eigenvalue weighted by atomic mass is 35.5. The van der Waals surface area contributed by atoms with Crippen LogP contribution in [0, 0.1) is 5.82 Å². The average Bonchev–Trinajstić information content (AvgIpc) is 3.48. The number of nitrogens with two attached hydrogens (primary N) is 1. The van der Waals surface area contributed by atoms with Crippen LogP contribution in [0.15, 0.2) is 36.4 Å². The minimum atomic E-state index is -3.63. The fourth-order valence-electron chi connectivity index (χ4n) is 4.79. The standard InChI is InChI=1S/C26H31ClF2N5O5P/c1-3-38-40(37,39-4-2)18-8-9-19-21(13-18)34(32-24(19)25(30)35)11-10-33-15-17(28)12-22(33)26(36)31-14-16-6-5-7-20(27)23(16)29/h5-9,13,17,22H,3-4,10-12,14-15H2,1-2H3,(H2,30,35)(H,31,36).